The fourth-order valence-electron chi connectivity index (χ4n) is 2.22. The highest BCUT2D eigenvalue weighted by Gasteiger charge is 2.32. The van der Waals surface area contributed by atoms with E-state index in [0.29, 0.717) is 11.3 Å². The number of benzene rings is 1. The van der Waals surface area contributed by atoms with Gasteiger partial charge in [-0.3, -0.25) is 4.79 Å². The number of methoxy groups -OCH3 is 2. The number of anilines is 1. The maximum Gasteiger partial charge on any atom is 0.355 e. The largest absolute Gasteiger partial charge is 0.466 e. The number of hydrogen-bond acceptors (Lipinski definition) is 7. The van der Waals surface area contributed by atoms with E-state index in [4.69, 9.17) is 14.2 Å². The van der Waals surface area contributed by atoms with Crippen LogP contribution in [-0.4, -0.2) is 45.3 Å². The molecule has 0 radical (unpaired) electrons. The molecule has 0 saturated carbocycles. The van der Waals surface area contributed by atoms with Crippen molar-refractivity contribution in [1.29, 1.82) is 0 Å². The van der Waals surface area contributed by atoms with E-state index in [1.54, 1.807) is 24.3 Å². The number of carbonyl (C=O) groups excluding carboxylic acids is 3. The number of nitrogens with zero attached hydrogens (tertiary/aromatic N) is 1. The summed E-state index contributed by atoms with van der Waals surface area (Å²) in [6.45, 7) is 1.50. The van der Waals surface area contributed by atoms with E-state index in [0.717, 1.165) is 0 Å². The van der Waals surface area contributed by atoms with Crippen molar-refractivity contribution in [3.63, 3.8) is 0 Å². The van der Waals surface area contributed by atoms with Crippen LogP contribution in [0, 0.1) is 0 Å². The predicted octanol–water partition coefficient (Wildman–Crippen LogP) is 1.28. The van der Waals surface area contributed by atoms with Crippen LogP contribution in [0.1, 0.15) is 17.3 Å². The normalized spacial score (nSPS) is 14.5. The Morgan fingerprint density at radius 2 is 1.65 bits per heavy atom. The van der Waals surface area contributed by atoms with Gasteiger partial charge in [-0.2, -0.15) is 0 Å². The summed E-state index contributed by atoms with van der Waals surface area (Å²) < 4.78 is 14.8. The summed E-state index contributed by atoms with van der Waals surface area (Å²) in [5.74, 6) is -1.38. The molecule has 0 spiro atoms. The molecule has 7 nitrogen and oxygen atoms in total. The number of Topliss-reactive ketones (excluding diaryl/α,β-unsaturated/α-hetero) is 1. The first-order chi connectivity index (χ1) is 11.0. The molecule has 1 aliphatic rings. The summed E-state index contributed by atoms with van der Waals surface area (Å²) in [4.78, 5) is 36.9. The molecule has 0 amide bonds. The molecule has 0 fully saturated rings. The summed E-state index contributed by atoms with van der Waals surface area (Å²) in [5.41, 5.74) is 1.29. The van der Waals surface area contributed by atoms with Gasteiger partial charge in [-0.15, -0.1) is 0 Å². The summed E-state index contributed by atoms with van der Waals surface area (Å²) in [5, 5.41) is 0. The second kappa shape index (κ2) is 7.06. The average Bonchev–Trinajstić information content (AvgIpc) is 2.59. The lowest BCUT2D eigenvalue weighted by Crippen LogP contribution is -2.38. The first-order valence-corrected chi connectivity index (χ1v) is 6.85. The van der Waals surface area contributed by atoms with Crippen LogP contribution >= 0.6 is 0 Å². The van der Waals surface area contributed by atoms with Crippen LogP contribution in [0.2, 0.25) is 0 Å². The van der Waals surface area contributed by atoms with Gasteiger partial charge in [0, 0.05) is 11.3 Å². The summed E-state index contributed by atoms with van der Waals surface area (Å²) in [6.07, 6.45) is 0. The molecule has 1 aromatic rings. The molecule has 1 heterocycles. The highest BCUT2D eigenvalue weighted by atomic mass is 16.5. The minimum absolute atomic E-state index is 0.0425. The van der Waals surface area contributed by atoms with Crippen LogP contribution in [0.4, 0.5) is 5.69 Å². The highest BCUT2D eigenvalue weighted by molar-refractivity contribution is 6.03. The third-order valence-corrected chi connectivity index (χ3v) is 3.42. The smallest absolute Gasteiger partial charge is 0.355 e. The Kier molecular flexibility index (Phi) is 5.13. The van der Waals surface area contributed by atoms with Crippen LogP contribution in [0.15, 0.2) is 35.5 Å². The van der Waals surface area contributed by atoms with Crippen LogP contribution in [0.3, 0.4) is 0 Å². The average molecular weight is 319 g/mol. The van der Waals surface area contributed by atoms with Crippen molar-refractivity contribution in [2.24, 2.45) is 0 Å². The quantitative estimate of drug-likeness (QED) is 0.611. The number of ketones is 1. The summed E-state index contributed by atoms with van der Waals surface area (Å²) in [6, 6.07) is 6.62. The Morgan fingerprint density at radius 3 is 2.17 bits per heavy atom. The Bertz CT molecular complexity index is 662. The molecule has 1 aromatic carbocycles. The Balaban J connectivity index is 2.48. The van der Waals surface area contributed by atoms with E-state index in [9.17, 15) is 14.4 Å². The molecule has 0 aliphatic carbocycles. The van der Waals surface area contributed by atoms with Gasteiger partial charge in [0.05, 0.1) is 26.4 Å². The van der Waals surface area contributed by atoms with E-state index in [1.165, 1.54) is 26.0 Å². The van der Waals surface area contributed by atoms with Crippen LogP contribution < -0.4 is 4.90 Å². The van der Waals surface area contributed by atoms with E-state index < -0.39 is 11.9 Å². The molecule has 1 aliphatic heterocycles. The fraction of sp³-hybridized carbons (Fsp3) is 0.312. The predicted molar refractivity (Wildman–Crippen MR) is 80.8 cm³/mol. The van der Waals surface area contributed by atoms with E-state index in [2.05, 4.69) is 0 Å². The first kappa shape index (κ1) is 16.7. The lowest BCUT2D eigenvalue weighted by molar-refractivity contribution is -0.140. The molecular weight excluding hydrogens is 302 g/mol. The fourth-order valence-corrected chi connectivity index (χ4v) is 2.22. The van der Waals surface area contributed by atoms with Gasteiger partial charge < -0.3 is 19.1 Å². The molecule has 122 valence electrons. The molecule has 0 aromatic heterocycles. The van der Waals surface area contributed by atoms with Gasteiger partial charge in [-0.05, 0) is 31.2 Å². The number of esters is 2. The molecule has 23 heavy (non-hydrogen) atoms. The Labute approximate surface area is 133 Å². The topological polar surface area (TPSA) is 82.1 Å². The zero-order chi connectivity index (χ0) is 17.0. The second-order valence-corrected chi connectivity index (χ2v) is 4.82. The maximum atomic E-state index is 12.1. The van der Waals surface area contributed by atoms with Crippen LogP contribution in [0.5, 0.6) is 0 Å². The SMILES string of the molecule is COC(=O)C1=C(C(=O)OC)N(c2ccc(C(C)=O)cc2)COC1. The molecule has 2 rings (SSSR count). The van der Waals surface area contributed by atoms with Gasteiger partial charge in [0.1, 0.15) is 12.4 Å². The molecule has 0 bridgehead atoms. The zero-order valence-corrected chi connectivity index (χ0v) is 13.1. The van der Waals surface area contributed by atoms with Gasteiger partial charge >= 0.3 is 11.9 Å². The van der Waals surface area contributed by atoms with Crippen molar-refractivity contribution in [2.75, 3.05) is 32.5 Å². The first-order valence-electron chi connectivity index (χ1n) is 6.85. The zero-order valence-electron chi connectivity index (χ0n) is 13.1. The van der Waals surface area contributed by atoms with Gasteiger partial charge in [0.2, 0.25) is 0 Å². The Morgan fingerprint density at radius 1 is 1.04 bits per heavy atom. The number of ether oxygens (including phenoxy) is 3. The lowest BCUT2D eigenvalue weighted by atomic mass is 10.1. The summed E-state index contributed by atoms with van der Waals surface area (Å²) >= 11 is 0. The van der Waals surface area contributed by atoms with Crippen molar-refractivity contribution in [2.45, 2.75) is 6.92 Å². The van der Waals surface area contributed by atoms with Crippen molar-refractivity contribution < 1.29 is 28.6 Å². The van der Waals surface area contributed by atoms with Gasteiger partial charge in [-0.25, -0.2) is 9.59 Å². The van der Waals surface area contributed by atoms with Gasteiger partial charge in [0.15, 0.2) is 5.78 Å². The van der Waals surface area contributed by atoms with Crippen molar-refractivity contribution >= 4 is 23.4 Å². The van der Waals surface area contributed by atoms with Crippen molar-refractivity contribution in [1.82, 2.24) is 0 Å². The molecule has 0 saturated heterocycles. The third-order valence-electron chi connectivity index (χ3n) is 3.42. The van der Waals surface area contributed by atoms with E-state index in [1.807, 2.05) is 0 Å². The highest BCUT2D eigenvalue weighted by Crippen LogP contribution is 2.26. The minimum Gasteiger partial charge on any atom is -0.466 e. The molecular formula is C16H17NO6. The number of carbonyl (C=O) groups is 3. The van der Waals surface area contributed by atoms with Crippen molar-refractivity contribution in [3.8, 4) is 0 Å². The van der Waals surface area contributed by atoms with Gasteiger partial charge in [0.25, 0.3) is 0 Å². The lowest BCUT2D eigenvalue weighted by Gasteiger charge is -2.31. The molecule has 0 atom stereocenters. The molecule has 0 N–H and O–H groups in total. The van der Waals surface area contributed by atoms with Gasteiger partial charge in [-0.1, -0.05) is 0 Å². The third kappa shape index (κ3) is 3.40. The summed E-state index contributed by atoms with van der Waals surface area (Å²) in [7, 11) is 2.46. The van der Waals surface area contributed by atoms with Crippen molar-refractivity contribution in [3.05, 3.63) is 41.1 Å². The van der Waals surface area contributed by atoms with E-state index >= 15 is 0 Å². The number of hydrogen-bond donors (Lipinski definition) is 0. The number of rotatable bonds is 4. The maximum absolute atomic E-state index is 12.1. The monoisotopic (exact) mass is 319 g/mol. The van der Waals surface area contributed by atoms with Crippen LogP contribution in [-0.2, 0) is 23.8 Å². The standard InChI is InChI=1S/C16H17NO6/c1-10(18)11-4-6-12(7-5-11)17-9-23-8-13(15(19)21-2)14(17)16(20)22-3/h4-7H,8-9H2,1-3H3. The Hall–Kier alpha value is -2.67. The van der Waals surface area contributed by atoms with E-state index in [-0.39, 0.29) is 30.4 Å². The minimum atomic E-state index is -0.663. The second-order valence-electron chi connectivity index (χ2n) is 4.82. The van der Waals surface area contributed by atoms with Crippen LogP contribution in [0.25, 0.3) is 0 Å². The molecule has 7 heteroatoms. The molecule has 0 unspecified atom stereocenters.